The van der Waals surface area contributed by atoms with Crippen molar-refractivity contribution in [3.63, 3.8) is 0 Å². The van der Waals surface area contributed by atoms with Crippen molar-refractivity contribution >= 4 is 17.9 Å². The van der Waals surface area contributed by atoms with Crippen LogP contribution in [0.25, 0.3) is 12.2 Å². The molecule has 5 nitrogen and oxygen atoms in total. The van der Waals surface area contributed by atoms with Crippen LogP contribution >= 0.6 is 0 Å². The summed E-state index contributed by atoms with van der Waals surface area (Å²) in [6.07, 6.45) is 5.27. The van der Waals surface area contributed by atoms with E-state index < -0.39 is 0 Å². The summed E-state index contributed by atoms with van der Waals surface area (Å²) in [5, 5.41) is 19.5. The highest BCUT2D eigenvalue weighted by Gasteiger charge is 2.26. The Morgan fingerprint density at radius 2 is 1.46 bits per heavy atom. The molecule has 3 rings (SSSR count). The van der Waals surface area contributed by atoms with Gasteiger partial charge in [0.2, 0.25) is 0 Å². The second-order valence-corrected chi connectivity index (χ2v) is 6.90. The molecule has 2 aromatic rings. The normalized spacial score (nSPS) is 19.8. The second kappa shape index (κ2) is 8.21. The van der Waals surface area contributed by atoms with Crippen molar-refractivity contribution in [1.82, 2.24) is 0 Å². The summed E-state index contributed by atoms with van der Waals surface area (Å²) < 4.78 is 10.3. The third-order valence-electron chi connectivity index (χ3n) is 5.00. The number of ketones is 1. The first-order valence-electron chi connectivity index (χ1n) is 9.13. The van der Waals surface area contributed by atoms with E-state index in [9.17, 15) is 15.0 Å². The van der Waals surface area contributed by atoms with E-state index in [2.05, 4.69) is 0 Å². The quantitative estimate of drug-likeness (QED) is 0.759. The molecule has 0 radical (unpaired) electrons. The number of rotatable bonds is 4. The van der Waals surface area contributed by atoms with Gasteiger partial charge in [-0.2, -0.15) is 0 Å². The smallest absolute Gasteiger partial charge is 0.185 e. The highest BCUT2D eigenvalue weighted by molar-refractivity contribution is 6.14. The Bertz CT molecular complexity index is 955. The molecule has 1 unspecified atom stereocenters. The van der Waals surface area contributed by atoms with E-state index in [1.165, 1.54) is 14.2 Å². The van der Waals surface area contributed by atoms with Gasteiger partial charge in [-0.3, -0.25) is 4.79 Å². The van der Waals surface area contributed by atoms with Crippen LogP contribution < -0.4 is 9.47 Å². The zero-order valence-corrected chi connectivity index (χ0v) is 16.2. The maximum Gasteiger partial charge on any atom is 0.185 e. The third kappa shape index (κ3) is 4.03. The Kier molecular flexibility index (Phi) is 5.73. The summed E-state index contributed by atoms with van der Waals surface area (Å²) >= 11 is 0. The maximum absolute atomic E-state index is 13.1. The summed E-state index contributed by atoms with van der Waals surface area (Å²) in [6.45, 7) is 2.04. The molecule has 2 N–H and O–H groups in total. The fourth-order valence-electron chi connectivity index (χ4n) is 3.34. The number of hydrogen-bond acceptors (Lipinski definition) is 5. The van der Waals surface area contributed by atoms with Crippen molar-refractivity contribution in [3.8, 4) is 23.0 Å². The molecule has 0 amide bonds. The molecule has 1 atom stereocenters. The van der Waals surface area contributed by atoms with E-state index in [0.717, 1.165) is 28.7 Å². The van der Waals surface area contributed by atoms with E-state index >= 15 is 0 Å². The monoisotopic (exact) mass is 380 g/mol. The Morgan fingerprint density at radius 3 is 2.00 bits per heavy atom. The van der Waals surface area contributed by atoms with Gasteiger partial charge in [-0.25, -0.2) is 0 Å². The predicted octanol–water partition coefficient (Wildman–Crippen LogP) is 4.58. The van der Waals surface area contributed by atoms with Gasteiger partial charge in [0.15, 0.2) is 28.8 Å². The van der Waals surface area contributed by atoms with E-state index in [0.29, 0.717) is 17.9 Å². The predicted molar refractivity (Wildman–Crippen MR) is 109 cm³/mol. The van der Waals surface area contributed by atoms with E-state index in [-0.39, 0.29) is 23.2 Å². The van der Waals surface area contributed by atoms with Crippen molar-refractivity contribution in [2.75, 3.05) is 14.2 Å². The van der Waals surface area contributed by atoms with Gasteiger partial charge < -0.3 is 19.7 Å². The van der Waals surface area contributed by atoms with E-state index in [4.69, 9.17) is 9.47 Å². The number of phenolic OH excluding ortho intramolecular Hbond substituents is 2. The summed E-state index contributed by atoms with van der Waals surface area (Å²) in [5.41, 5.74) is 3.06. The highest BCUT2D eigenvalue weighted by Crippen LogP contribution is 2.35. The summed E-state index contributed by atoms with van der Waals surface area (Å²) in [6, 6.07) is 10.1. The van der Waals surface area contributed by atoms with Crippen LogP contribution in [0.4, 0.5) is 0 Å². The average Bonchev–Trinajstić information content (AvgIpc) is 2.69. The van der Waals surface area contributed by atoms with Gasteiger partial charge in [0, 0.05) is 11.1 Å². The van der Waals surface area contributed by atoms with Crippen LogP contribution in [0.2, 0.25) is 0 Å². The first kappa shape index (κ1) is 19.5. The number of Topliss-reactive ketones (excluding diaryl/α,β-unsaturated/α-hetero) is 1. The maximum atomic E-state index is 13.1. The highest BCUT2D eigenvalue weighted by atomic mass is 16.5. The van der Waals surface area contributed by atoms with Crippen LogP contribution in [0.3, 0.4) is 0 Å². The van der Waals surface area contributed by atoms with Crippen molar-refractivity contribution in [3.05, 3.63) is 58.7 Å². The molecule has 28 heavy (non-hydrogen) atoms. The van der Waals surface area contributed by atoms with Gasteiger partial charge in [0.1, 0.15) is 0 Å². The van der Waals surface area contributed by atoms with Gasteiger partial charge in [-0.1, -0.05) is 19.1 Å². The molecule has 0 bridgehead atoms. The van der Waals surface area contributed by atoms with Gasteiger partial charge in [-0.15, -0.1) is 0 Å². The molecule has 1 aliphatic carbocycles. The van der Waals surface area contributed by atoms with Gasteiger partial charge >= 0.3 is 0 Å². The number of methoxy groups -OCH3 is 2. The standard InChI is InChI=1S/C23H24O5/c1-14-4-7-17(10-15-5-8-19(24)21(12-15)27-2)23(26)18(14)11-16-6-9-20(25)22(13-16)28-3/h5-6,8-14,24-25H,4,7H2,1-3H3/b17-10+,18-11-. The molecule has 0 heterocycles. The molecule has 1 saturated carbocycles. The summed E-state index contributed by atoms with van der Waals surface area (Å²) in [4.78, 5) is 13.1. The Labute approximate surface area is 164 Å². The fourth-order valence-corrected chi connectivity index (χ4v) is 3.34. The van der Waals surface area contributed by atoms with E-state index in [1.54, 1.807) is 36.4 Å². The van der Waals surface area contributed by atoms with Crippen molar-refractivity contribution in [2.24, 2.45) is 5.92 Å². The average molecular weight is 380 g/mol. The minimum Gasteiger partial charge on any atom is -0.504 e. The van der Waals surface area contributed by atoms with Crippen LogP contribution in [-0.2, 0) is 4.79 Å². The van der Waals surface area contributed by atoms with Crippen LogP contribution in [-0.4, -0.2) is 30.2 Å². The molecular formula is C23H24O5. The van der Waals surface area contributed by atoms with Gasteiger partial charge in [0.25, 0.3) is 0 Å². The lowest BCUT2D eigenvalue weighted by atomic mass is 9.80. The van der Waals surface area contributed by atoms with Crippen LogP contribution in [0.5, 0.6) is 23.0 Å². The molecule has 1 fully saturated rings. The lowest BCUT2D eigenvalue weighted by Crippen LogP contribution is -2.19. The number of carbonyl (C=O) groups excluding carboxylic acids is 1. The molecule has 1 aliphatic rings. The van der Waals surface area contributed by atoms with E-state index in [1.807, 2.05) is 19.1 Å². The third-order valence-corrected chi connectivity index (χ3v) is 5.00. The molecule has 5 heteroatoms. The second-order valence-electron chi connectivity index (χ2n) is 6.90. The number of carbonyl (C=O) groups is 1. The van der Waals surface area contributed by atoms with Gasteiger partial charge in [0.05, 0.1) is 14.2 Å². The topological polar surface area (TPSA) is 76.0 Å². The van der Waals surface area contributed by atoms with Crippen LogP contribution in [0, 0.1) is 5.92 Å². The number of phenols is 2. The number of aromatic hydroxyl groups is 2. The number of ether oxygens (including phenoxy) is 2. The fraction of sp³-hybridized carbons (Fsp3) is 0.261. The number of benzene rings is 2. The minimum atomic E-state index is 0.0119. The van der Waals surface area contributed by atoms with Crippen molar-refractivity contribution in [2.45, 2.75) is 19.8 Å². The molecule has 0 aromatic heterocycles. The molecular weight excluding hydrogens is 356 g/mol. The van der Waals surface area contributed by atoms with Crippen molar-refractivity contribution in [1.29, 1.82) is 0 Å². The first-order chi connectivity index (χ1) is 13.4. The summed E-state index contributed by atoms with van der Waals surface area (Å²) in [7, 11) is 2.99. The molecule has 0 spiro atoms. The first-order valence-corrected chi connectivity index (χ1v) is 9.13. The van der Waals surface area contributed by atoms with Crippen LogP contribution in [0.15, 0.2) is 47.5 Å². The largest absolute Gasteiger partial charge is 0.504 e. The molecule has 0 saturated heterocycles. The molecule has 2 aromatic carbocycles. The number of allylic oxidation sites excluding steroid dienone is 2. The SMILES string of the molecule is COc1cc(/C=C2\C(=O)/C(=C/c3ccc(O)c(OC)c3)CCC2C)ccc1O. The lowest BCUT2D eigenvalue weighted by Gasteiger charge is -2.23. The molecule has 0 aliphatic heterocycles. The van der Waals surface area contributed by atoms with Crippen LogP contribution in [0.1, 0.15) is 30.9 Å². The molecule has 146 valence electrons. The Balaban J connectivity index is 1.94. The zero-order chi connectivity index (χ0) is 20.3. The number of hydrogen-bond donors (Lipinski definition) is 2. The van der Waals surface area contributed by atoms with Gasteiger partial charge in [-0.05, 0) is 66.3 Å². The Hall–Kier alpha value is -3.21. The minimum absolute atomic E-state index is 0.0119. The lowest BCUT2D eigenvalue weighted by molar-refractivity contribution is -0.113. The summed E-state index contributed by atoms with van der Waals surface area (Å²) in [5.74, 6) is 1.02. The Morgan fingerprint density at radius 1 is 0.929 bits per heavy atom. The zero-order valence-electron chi connectivity index (χ0n) is 16.2. The van der Waals surface area contributed by atoms with Crippen molar-refractivity contribution < 1.29 is 24.5 Å².